The fraction of sp³-hybridized carbons (Fsp3) is 0.444. The van der Waals surface area contributed by atoms with E-state index in [1.807, 2.05) is 6.08 Å². The zero-order chi connectivity index (χ0) is 9.90. The number of aliphatic carboxylic acids is 1. The molecular weight excluding hydrogens is 168 g/mol. The summed E-state index contributed by atoms with van der Waals surface area (Å²) in [6.07, 6.45) is 5.74. The Morgan fingerprint density at radius 3 is 2.62 bits per heavy atom. The third kappa shape index (κ3) is 1.96. The molecule has 1 aliphatic rings. The van der Waals surface area contributed by atoms with E-state index in [4.69, 9.17) is 5.11 Å². The molecule has 0 spiro atoms. The first-order valence-corrected chi connectivity index (χ1v) is 4.13. The lowest BCUT2D eigenvalue weighted by Gasteiger charge is -2.32. The normalized spacial score (nSPS) is 19.7. The summed E-state index contributed by atoms with van der Waals surface area (Å²) in [7, 11) is 3.59. The van der Waals surface area contributed by atoms with Gasteiger partial charge in [-0.3, -0.25) is 10.6 Å². The maximum atomic E-state index is 10.7. The van der Waals surface area contributed by atoms with Gasteiger partial charge in [-0.15, -0.1) is 0 Å². The number of carbonyl (C=O) groups is 1. The van der Waals surface area contributed by atoms with Crippen molar-refractivity contribution < 1.29 is 9.90 Å². The fourth-order valence-electron chi connectivity index (χ4n) is 1.36. The van der Waals surface area contributed by atoms with Gasteiger partial charge in [0.25, 0.3) is 0 Å². The summed E-state index contributed by atoms with van der Waals surface area (Å²) < 4.78 is 0. The van der Waals surface area contributed by atoms with E-state index < -0.39 is 11.6 Å². The number of allylic oxidation sites excluding steroid dienone is 2. The van der Waals surface area contributed by atoms with Gasteiger partial charge in [-0.2, -0.15) is 0 Å². The minimum Gasteiger partial charge on any atom is -0.478 e. The molecule has 72 valence electrons. The zero-order valence-corrected chi connectivity index (χ0v) is 7.79. The summed E-state index contributed by atoms with van der Waals surface area (Å²) in [5.74, 6) is -0.862. The van der Waals surface area contributed by atoms with Gasteiger partial charge in [0.05, 0.1) is 5.66 Å². The number of carboxylic acids is 1. The molecule has 0 amide bonds. The third-order valence-electron chi connectivity index (χ3n) is 2.31. The van der Waals surface area contributed by atoms with Gasteiger partial charge in [-0.1, -0.05) is 12.2 Å². The second kappa shape index (κ2) is 3.72. The van der Waals surface area contributed by atoms with Crippen molar-refractivity contribution in [2.75, 3.05) is 14.1 Å². The molecule has 1 rings (SSSR count). The predicted octanol–water partition coefficient (Wildman–Crippen LogP) is 0.0924. The number of hydrogen-bond donors (Lipinski definition) is 3. The van der Waals surface area contributed by atoms with Gasteiger partial charge in [0.15, 0.2) is 0 Å². The second-order valence-electron chi connectivity index (χ2n) is 3.00. The maximum absolute atomic E-state index is 10.7. The van der Waals surface area contributed by atoms with E-state index in [9.17, 15) is 4.79 Å². The topological polar surface area (TPSA) is 61.4 Å². The van der Waals surface area contributed by atoms with Crippen molar-refractivity contribution in [3.63, 3.8) is 0 Å². The molecule has 0 fully saturated rings. The molecule has 0 bridgehead atoms. The average Bonchev–Trinajstić information content (AvgIpc) is 2.18. The standard InChI is InChI=1S/C9H14N2O2/c1-10-9(11-2)5-3-4-7(6-9)8(12)13/h3-5,10-11H,6H2,1-2H3,(H,12,13). The van der Waals surface area contributed by atoms with Crippen molar-refractivity contribution >= 4 is 5.97 Å². The molecule has 4 heteroatoms. The zero-order valence-electron chi connectivity index (χ0n) is 7.79. The quantitative estimate of drug-likeness (QED) is 0.541. The molecular formula is C9H14N2O2. The van der Waals surface area contributed by atoms with Crippen LogP contribution in [0.1, 0.15) is 6.42 Å². The van der Waals surface area contributed by atoms with Gasteiger partial charge < -0.3 is 5.11 Å². The van der Waals surface area contributed by atoms with Crippen molar-refractivity contribution in [1.29, 1.82) is 0 Å². The first kappa shape index (κ1) is 9.95. The SMILES string of the molecule is CNC1(NC)C=CC=C(C(=O)O)C1. The van der Waals surface area contributed by atoms with Crippen LogP contribution in [-0.2, 0) is 4.79 Å². The molecule has 0 aromatic rings. The van der Waals surface area contributed by atoms with Crippen molar-refractivity contribution in [2.45, 2.75) is 12.1 Å². The summed E-state index contributed by atoms with van der Waals surface area (Å²) >= 11 is 0. The van der Waals surface area contributed by atoms with Crippen molar-refractivity contribution in [3.8, 4) is 0 Å². The van der Waals surface area contributed by atoms with Crippen LogP contribution < -0.4 is 10.6 Å². The molecule has 0 aliphatic heterocycles. The molecule has 13 heavy (non-hydrogen) atoms. The van der Waals surface area contributed by atoms with Crippen LogP contribution in [0.3, 0.4) is 0 Å². The average molecular weight is 182 g/mol. The molecule has 0 saturated carbocycles. The molecule has 0 unspecified atom stereocenters. The number of nitrogens with one attached hydrogen (secondary N) is 2. The molecule has 0 radical (unpaired) electrons. The first-order valence-electron chi connectivity index (χ1n) is 4.13. The van der Waals surface area contributed by atoms with Crippen molar-refractivity contribution in [1.82, 2.24) is 10.6 Å². The highest BCUT2D eigenvalue weighted by atomic mass is 16.4. The maximum Gasteiger partial charge on any atom is 0.331 e. The molecule has 0 atom stereocenters. The van der Waals surface area contributed by atoms with E-state index in [1.165, 1.54) is 0 Å². The summed E-state index contributed by atoms with van der Waals surface area (Å²) in [4.78, 5) is 10.7. The van der Waals surface area contributed by atoms with Crippen LogP contribution in [0.15, 0.2) is 23.8 Å². The van der Waals surface area contributed by atoms with Gasteiger partial charge in [-0.25, -0.2) is 4.79 Å². The van der Waals surface area contributed by atoms with Crippen molar-refractivity contribution in [2.24, 2.45) is 0 Å². The highest BCUT2D eigenvalue weighted by Gasteiger charge is 2.28. The molecule has 0 saturated heterocycles. The van der Waals surface area contributed by atoms with Crippen LogP contribution in [0.4, 0.5) is 0 Å². The fourth-order valence-corrected chi connectivity index (χ4v) is 1.36. The minimum absolute atomic E-state index is 0.409. The Morgan fingerprint density at radius 2 is 2.15 bits per heavy atom. The van der Waals surface area contributed by atoms with Crippen LogP contribution in [-0.4, -0.2) is 30.8 Å². The molecule has 4 nitrogen and oxygen atoms in total. The van der Waals surface area contributed by atoms with E-state index in [0.29, 0.717) is 12.0 Å². The molecule has 0 aromatic carbocycles. The highest BCUT2D eigenvalue weighted by Crippen LogP contribution is 2.19. The van der Waals surface area contributed by atoms with Gasteiger partial charge in [0.1, 0.15) is 0 Å². The summed E-state index contributed by atoms with van der Waals surface area (Å²) in [6.45, 7) is 0. The molecule has 0 aromatic heterocycles. The Hall–Kier alpha value is -1.13. The largest absolute Gasteiger partial charge is 0.478 e. The summed E-state index contributed by atoms with van der Waals surface area (Å²) in [6, 6.07) is 0. The van der Waals surface area contributed by atoms with E-state index in [2.05, 4.69) is 10.6 Å². The Kier molecular flexibility index (Phi) is 2.85. The minimum atomic E-state index is -0.862. The first-order chi connectivity index (χ1) is 6.13. The smallest absolute Gasteiger partial charge is 0.331 e. The summed E-state index contributed by atoms with van der Waals surface area (Å²) in [5, 5.41) is 14.9. The Bertz CT molecular complexity index is 265. The predicted molar refractivity (Wildman–Crippen MR) is 50.3 cm³/mol. The molecule has 3 N–H and O–H groups in total. The third-order valence-corrected chi connectivity index (χ3v) is 2.31. The number of rotatable bonds is 3. The van der Waals surface area contributed by atoms with Crippen LogP contribution in [0.2, 0.25) is 0 Å². The van der Waals surface area contributed by atoms with Crippen LogP contribution in [0.5, 0.6) is 0 Å². The number of likely N-dealkylation sites (N-methyl/N-ethyl adjacent to an activating group) is 2. The monoisotopic (exact) mass is 182 g/mol. The molecule has 1 aliphatic carbocycles. The molecule has 0 heterocycles. The number of hydrogen-bond acceptors (Lipinski definition) is 3. The van der Waals surface area contributed by atoms with Crippen LogP contribution in [0, 0.1) is 0 Å². The Morgan fingerprint density at radius 1 is 1.54 bits per heavy atom. The lowest BCUT2D eigenvalue weighted by molar-refractivity contribution is -0.133. The van der Waals surface area contributed by atoms with Crippen LogP contribution >= 0.6 is 0 Å². The Balaban J connectivity index is 2.84. The van der Waals surface area contributed by atoms with E-state index in [1.54, 1.807) is 26.2 Å². The van der Waals surface area contributed by atoms with Gasteiger partial charge in [-0.05, 0) is 20.2 Å². The lowest BCUT2D eigenvalue weighted by atomic mass is 9.94. The highest BCUT2D eigenvalue weighted by molar-refractivity contribution is 5.87. The van der Waals surface area contributed by atoms with Gasteiger partial charge >= 0.3 is 5.97 Å². The van der Waals surface area contributed by atoms with Crippen molar-refractivity contribution in [3.05, 3.63) is 23.8 Å². The van der Waals surface area contributed by atoms with E-state index >= 15 is 0 Å². The van der Waals surface area contributed by atoms with E-state index in [-0.39, 0.29) is 0 Å². The second-order valence-corrected chi connectivity index (χ2v) is 3.00. The van der Waals surface area contributed by atoms with E-state index in [0.717, 1.165) is 0 Å². The van der Waals surface area contributed by atoms with Gasteiger partial charge in [0.2, 0.25) is 0 Å². The summed E-state index contributed by atoms with van der Waals surface area (Å²) in [5.41, 5.74) is -0.00569. The van der Waals surface area contributed by atoms with Gasteiger partial charge in [0, 0.05) is 12.0 Å². The Labute approximate surface area is 77.3 Å². The number of carboxylic acid groups (broad SMARTS) is 1. The lowest BCUT2D eigenvalue weighted by Crippen LogP contribution is -2.53. The van der Waals surface area contributed by atoms with Crippen LogP contribution in [0.25, 0.3) is 0 Å².